The molecule has 0 fully saturated rings. The highest BCUT2D eigenvalue weighted by Gasteiger charge is 2.31. The first kappa shape index (κ1) is 27.0. The molecule has 0 aliphatic carbocycles. The molecule has 3 aromatic heterocycles. The molecule has 40 heavy (non-hydrogen) atoms. The first-order valence-electron chi connectivity index (χ1n) is 12.1. The van der Waals surface area contributed by atoms with Gasteiger partial charge in [-0.2, -0.15) is 10.1 Å². The van der Waals surface area contributed by atoms with E-state index in [4.69, 9.17) is 33.7 Å². The van der Waals surface area contributed by atoms with Crippen LogP contribution in [0.5, 0.6) is 5.88 Å². The van der Waals surface area contributed by atoms with Gasteiger partial charge in [-0.25, -0.2) is 14.8 Å². The summed E-state index contributed by atoms with van der Waals surface area (Å²) in [5.74, 6) is 0.465. The maximum atomic E-state index is 13.2. The Kier molecular flexibility index (Phi) is 7.37. The van der Waals surface area contributed by atoms with E-state index in [2.05, 4.69) is 35.8 Å². The van der Waals surface area contributed by atoms with E-state index in [0.29, 0.717) is 49.9 Å². The van der Waals surface area contributed by atoms with Gasteiger partial charge in [0.1, 0.15) is 5.65 Å². The Balaban J connectivity index is 1.48. The summed E-state index contributed by atoms with van der Waals surface area (Å²) in [6.45, 7) is 1.95. The van der Waals surface area contributed by atoms with Gasteiger partial charge in [0.05, 0.1) is 33.7 Å². The Hall–Kier alpha value is -4.55. The number of ether oxygens (including phenoxy) is 1. The normalized spacial score (nSPS) is 15.9. The molecule has 12 nitrogen and oxygen atoms in total. The van der Waals surface area contributed by atoms with Crippen molar-refractivity contribution < 1.29 is 9.53 Å². The molecule has 204 valence electrons. The molecule has 14 heteroatoms. The summed E-state index contributed by atoms with van der Waals surface area (Å²) >= 11 is 12.7. The lowest BCUT2D eigenvalue weighted by Gasteiger charge is -2.23. The number of halogens is 2. The predicted molar refractivity (Wildman–Crippen MR) is 152 cm³/mol. The standard InChI is InChI=1S/C26H23Cl2N9O3/c1-3-26(7-8-33-36-26)40-22-15(12-31-24(29)39)9-16(13-30-22)34-25-32-11-14-10-17(23(38)37(2)21(14)35-25)20-18(27)5-4-6-19(20)28/h4-11,13H,3,12H2,1-2H3,(H3,29,31,39)(H,32,34,35). The fraction of sp³-hybridized carbons (Fsp3) is 0.192. The summed E-state index contributed by atoms with van der Waals surface area (Å²) in [6, 6.07) is 7.73. The third-order valence-corrected chi connectivity index (χ3v) is 6.85. The summed E-state index contributed by atoms with van der Waals surface area (Å²) in [5, 5.41) is 15.0. The Morgan fingerprint density at radius 1 is 1.18 bits per heavy atom. The van der Waals surface area contributed by atoms with Crippen molar-refractivity contribution in [3.8, 4) is 17.0 Å². The van der Waals surface area contributed by atoms with E-state index < -0.39 is 11.8 Å². The zero-order chi connectivity index (χ0) is 28.4. The number of nitrogens with zero attached hydrogens (tertiary/aromatic N) is 6. The quantitative estimate of drug-likeness (QED) is 0.262. The fourth-order valence-electron chi connectivity index (χ4n) is 4.13. The second-order valence-corrected chi connectivity index (χ2v) is 9.67. The van der Waals surface area contributed by atoms with Crippen LogP contribution in [0, 0.1) is 0 Å². The van der Waals surface area contributed by atoms with Gasteiger partial charge >= 0.3 is 6.03 Å². The van der Waals surface area contributed by atoms with Crippen molar-refractivity contribution in [1.82, 2.24) is 24.8 Å². The molecular weight excluding hydrogens is 557 g/mol. The minimum atomic E-state index is -0.983. The molecule has 1 aliphatic rings. The Morgan fingerprint density at radius 2 is 1.95 bits per heavy atom. The van der Waals surface area contributed by atoms with E-state index in [-0.39, 0.29) is 23.9 Å². The zero-order valence-electron chi connectivity index (χ0n) is 21.4. The number of urea groups is 1. The van der Waals surface area contributed by atoms with Crippen molar-refractivity contribution in [1.29, 1.82) is 0 Å². The zero-order valence-corrected chi connectivity index (χ0v) is 22.9. The molecule has 1 unspecified atom stereocenters. The summed E-state index contributed by atoms with van der Waals surface area (Å²) in [4.78, 5) is 38.0. The van der Waals surface area contributed by atoms with Crippen molar-refractivity contribution >= 4 is 51.9 Å². The number of fused-ring (bicyclic) bond motifs is 1. The summed E-state index contributed by atoms with van der Waals surface area (Å²) in [7, 11) is 1.61. The van der Waals surface area contributed by atoms with Crippen LogP contribution in [0.3, 0.4) is 0 Å². The highest BCUT2D eigenvalue weighted by Crippen LogP contribution is 2.34. The molecule has 1 atom stereocenters. The number of rotatable bonds is 8. The van der Waals surface area contributed by atoms with Gasteiger partial charge in [-0.1, -0.05) is 36.2 Å². The molecule has 1 aliphatic heterocycles. The number of primary amides is 1. The number of anilines is 2. The first-order valence-corrected chi connectivity index (χ1v) is 12.8. The van der Waals surface area contributed by atoms with Gasteiger partial charge in [0.2, 0.25) is 17.6 Å². The lowest BCUT2D eigenvalue weighted by atomic mass is 10.1. The third kappa shape index (κ3) is 5.31. The monoisotopic (exact) mass is 579 g/mol. The van der Waals surface area contributed by atoms with E-state index in [1.165, 1.54) is 10.8 Å². The van der Waals surface area contributed by atoms with Crippen LogP contribution in [-0.4, -0.2) is 31.3 Å². The van der Waals surface area contributed by atoms with Crippen molar-refractivity contribution in [3.05, 3.63) is 81.0 Å². The van der Waals surface area contributed by atoms with Crippen LogP contribution in [0.4, 0.5) is 16.4 Å². The third-order valence-electron chi connectivity index (χ3n) is 6.22. The molecule has 2 amide bonds. The van der Waals surface area contributed by atoms with Crippen LogP contribution in [0.1, 0.15) is 18.9 Å². The molecular formula is C26H23Cl2N9O3. The molecule has 1 aromatic carbocycles. The molecule has 0 saturated carbocycles. The number of hydrogen-bond acceptors (Lipinski definition) is 9. The van der Waals surface area contributed by atoms with Gasteiger partial charge in [0.15, 0.2) is 0 Å². The molecule has 0 radical (unpaired) electrons. The van der Waals surface area contributed by atoms with Gasteiger partial charge in [0, 0.05) is 48.8 Å². The average Bonchev–Trinajstić information content (AvgIpc) is 3.40. The molecule has 0 bridgehead atoms. The number of carbonyl (C=O) groups is 1. The Bertz CT molecular complexity index is 1720. The van der Waals surface area contributed by atoms with Crippen molar-refractivity contribution in [2.75, 3.05) is 5.32 Å². The second kappa shape index (κ2) is 10.9. The highest BCUT2D eigenvalue weighted by molar-refractivity contribution is 6.39. The number of amides is 2. The number of aryl methyl sites for hydroxylation is 1. The predicted octanol–water partition coefficient (Wildman–Crippen LogP) is 5.07. The van der Waals surface area contributed by atoms with Crippen molar-refractivity contribution in [3.63, 3.8) is 0 Å². The van der Waals surface area contributed by atoms with Crippen LogP contribution in [0.25, 0.3) is 22.2 Å². The van der Waals surface area contributed by atoms with E-state index >= 15 is 0 Å². The molecule has 4 heterocycles. The average molecular weight is 580 g/mol. The van der Waals surface area contributed by atoms with E-state index in [9.17, 15) is 9.59 Å². The lowest BCUT2D eigenvalue weighted by Crippen LogP contribution is -2.31. The SMILES string of the molecule is CCC1(Oc2ncc(Nc3ncc4cc(-c5c(Cl)cccc5Cl)c(=O)n(C)c4n3)cc2CNC(N)=O)C=CN=N1. The summed E-state index contributed by atoms with van der Waals surface area (Å²) in [5.41, 5.74) is 6.18. The van der Waals surface area contributed by atoms with Gasteiger partial charge in [-0.15, -0.1) is 5.11 Å². The largest absolute Gasteiger partial charge is 0.443 e. The number of benzene rings is 1. The van der Waals surface area contributed by atoms with Crippen molar-refractivity contribution in [2.24, 2.45) is 23.0 Å². The topological polar surface area (TPSA) is 162 Å². The fourth-order valence-corrected chi connectivity index (χ4v) is 4.74. The lowest BCUT2D eigenvalue weighted by molar-refractivity contribution is 0.115. The van der Waals surface area contributed by atoms with Crippen LogP contribution in [-0.2, 0) is 13.6 Å². The number of hydrogen-bond donors (Lipinski definition) is 3. The number of aromatic nitrogens is 4. The van der Waals surface area contributed by atoms with Gasteiger partial charge in [-0.3, -0.25) is 9.36 Å². The summed E-state index contributed by atoms with van der Waals surface area (Å²) < 4.78 is 7.47. The summed E-state index contributed by atoms with van der Waals surface area (Å²) in [6.07, 6.45) is 6.91. The van der Waals surface area contributed by atoms with Crippen molar-refractivity contribution in [2.45, 2.75) is 25.6 Å². The highest BCUT2D eigenvalue weighted by atomic mass is 35.5. The van der Waals surface area contributed by atoms with Crippen LogP contribution < -0.4 is 26.7 Å². The van der Waals surface area contributed by atoms with Crippen LogP contribution in [0.2, 0.25) is 10.0 Å². The van der Waals surface area contributed by atoms with Crippen LogP contribution in [0.15, 0.2) is 70.0 Å². The van der Waals surface area contributed by atoms with Gasteiger partial charge in [0.25, 0.3) is 5.56 Å². The maximum Gasteiger partial charge on any atom is 0.312 e. The first-order chi connectivity index (χ1) is 19.2. The number of nitrogens with one attached hydrogen (secondary N) is 2. The smallest absolute Gasteiger partial charge is 0.312 e. The minimum absolute atomic E-state index is 0.0499. The second-order valence-electron chi connectivity index (χ2n) is 8.85. The van der Waals surface area contributed by atoms with E-state index in [0.717, 1.165) is 0 Å². The van der Waals surface area contributed by atoms with Gasteiger partial charge < -0.3 is 21.1 Å². The molecule has 4 aromatic rings. The number of nitrogens with two attached hydrogens (primary N) is 1. The van der Waals surface area contributed by atoms with E-state index in [1.54, 1.807) is 55.9 Å². The number of carbonyl (C=O) groups excluding carboxylic acids is 1. The number of pyridine rings is 2. The van der Waals surface area contributed by atoms with Crippen LogP contribution >= 0.6 is 23.2 Å². The number of azo groups is 1. The molecule has 4 N–H and O–H groups in total. The minimum Gasteiger partial charge on any atom is -0.443 e. The Labute approximate surface area is 237 Å². The Morgan fingerprint density at radius 3 is 2.62 bits per heavy atom. The molecule has 5 rings (SSSR count). The van der Waals surface area contributed by atoms with E-state index in [1.807, 2.05) is 6.92 Å². The maximum absolute atomic E-state index is 13.2. The molecule has 0 saturated heterocycles. The van der Waals surface area contributed by atoms with Gasteiger partial charge in [-0.05, 0) is 24.3 Å². The molecule has 0 spiro atoms.